The average Bonchev–Trinajstić information content (AvgIpc) is 3.46. The van der Waals surface area contributed by atoms with Crippen LogP contribution >= 0.6 is 0 Å². The minimum absolute atomic E-state index is 0.738. The highest BCUT2D eigenvalue weighted by Gasteiger charge is 2.36. The highest BCUT2D eigenvalue weighted by molar-refractivity contribution is 5.80. The number of benzene rings is 2. The second-order valence-corrected chi connectivity index (χ2v) is 10.8. The SMILES string of the molecule is C=C1CCC2CC(c3cc(-c4cccc5c4C=CC5)cc(C4CCCCC4)c3)CCC12. The molecule has 2 aromatic rings. The van der Waals surface area contributed by atoms with Crippen LogP contribution in [0.5, 0.6) is 0 Å². The van der Waals surface area contributed by atoms with E-state index in [1.165, 1.54) is 86.5 Å². The molecule has 0 radical (unpaired) electrons. The van der Waals surface area contributed by atoms with Gasteiger partial charge in [0.15, 0.2) is 0 Å². The molecule has 0 aromatic heterocycles. The summed E-state index contributed by atoms with van der Waals surface area (Å²) < 4.78 is 0. The maximum absolute atomic E-state index is 4.39. The average molecular weight is 409 g/mol. The number of hydrogen-bond acceptors (Lipinski definition) is 0. The van der Waals surface area contributed by atoms with Gasteiger partial charge < -0.3 is 0 Å². The largest absolute Gasteiger partial charge is 0.0996 e. The molecule has 160 valence electrons. The minimum Gasteiger partial charge on any atom is -0.0996 e. The summed E-state index contributed by atoms with van der Waals surface area (Å²) in [5.41, 5.74) is 10.7. The minimum atomic E-state index is 0.738. The van der Waals surface area contributed by atoms with Crippen molar-refractivity contribution in [2.24, 2.45) is 11.8 Å². The summed E-state index contributed by atoms with van der Waals surface area (Å²) in [7, 11) is 0. The van der Waals surface area contributed by atoms with Crippen LogP contribution in [0, 0.1) is 11.8 Å². The third-order valence-corrected chi connectivity index (χ3v) is 9.00. The standard InChI is InChI=1S/C31H36/c1-21-13-14-25-17-24(15-16-29(21)25)27-18-26(22-7-3-2-4-8-22)19-28(20-27)31-12-6-10-23-9-5-11-30(23)31/h5-6,10-12,18-20,22,24-25,29H,1-4,7-9,13-17H2. The van der Waals surface area contributed by atoms with Crippen LogP contribution in [-0.2, 0) is 6.42 Å². The fourth-order valence-corrected chi connectivity index (χ4v) is 7.26. The van der Waals surface area contributed by atoms with Gasteiger partial charge in [-0.15, -0.1) is 0 Å². The Morgan fingerprint density at radius 3 is 2.52 bits per heavy atom. The quantitative estimate of drug-likeness (QED) is 0.445. The molecule has 3 unspecified atom stereocenters. The van der Waals surface area contributed by atoms with Crippen molar-refractivity contribution < 1.29 is 0 Å². The predicted octanol–water partition coefficient (Wildman–Crippen LogP) is 8.82. The van der Waals surface area contributed by atoms with Crippen molar-refractivity contribution in [3.8, 4) is 11.1 Å². The normalized spacial score (nSPS) is 28.0. The van der Waals surface area contributed by atoms with Gasteiger partial charge in [-0.3, -0.25) is 0 Å². The highest BCUT2D eigenvalue weighted by atomic mass is 14.4. The molecule has 3 atom stereocenters. The molecule has 4 aliphatic carbocycles. The third kappa shape index (κ3) is 3.63. The maximum atomic E-state index is 4.39. The van der Waals surface area contributed by atoms with Crippen molar-refractivity contribution in [1.82, 2.24) is 0 Å². The first-order valence-electron chi connectivity index (χ1n) is 12.9. The Kier molecular flexibility index (Phi) is 5.13. The Bertz CT molecular complexity index is 1020. The molecule has 31 heavy (non-hydrogen) atoms. The summed E-state index contributed by atoms with van der Waals surface area (Å²) >= 11 is 0. The smallest absolute Gasteiger partial charge is 0.00879 e. The van der Waals surface area contributed by atoms with Gasteiger partial charge >= 0.3 is 0 Å². The summed E-state index contributed by atoms with van der Waals surface area (Å²) in [5, 5.41) is 0. The van der Waals surface area contributed by atoms with Crippen molar-refractivity contribution in [2.75, 3.05) is 0 Å². The zero-order valence-corrected chi connectivity index (χ0v) is 18.9. The Morgan fingerprint density at radius 2 is 1.65 bits per heavy atom. The molecule has 3 saturated carbocycles. The summed E-state index contributed by atoms with van der Waals surface area (Å²) in [6.45, 7) is 4.39. The summed E-state index contributed by atoms with van der Waals surface area (Å²) in [6, 6.07) is 14.7. The van der Waals surface area contributed by atoms with E-state index in [4.69, 9.17) is 0 Å². The molecule has 0 saturated heterocycles. The van der Waals surface area contributed by atoms with E-state index in [0.29, 0.717) is 0 Å². The summed E-state index contributed by atoms with van der Waals surface area (Å²) in [4.78, 5) is 0. The van der Waals surface area contributed by atoms with Crippen LogP contribution in [0.4, 0.5) is 0 Å². The molecule has 4 aliphatic rings. The van der Waals surface area contributed by atoms with Gasteiger partial charge in [-0.1, -0.05) is 80.0 Å². The second kappa shape index (κ2) is 8.12. The number of fused-ring (bicyclic) bond motifs is 2. The molecule has 0 amide bonds. The molecule has 0 aliphatic heterocycles. The molecule has 0 heteroatoms. The lowest BCUT2D eigenvalue weighted by molar-refractivity contribution is 0.272. The van der Waals surface area contributed by atoms with Gasteiger partial charge in [-0.2, -0.15) is 0 Å². The molecule has 2 aromatic carbocycles. The molecule has 6 rings (SSSR count). The van der Waals surface area contributed by atoms with Crippen LogP contribution in [0.25, 0.3) is 17.2 Å². The van der Waals surface area contributed by atoms with E-state index in [1.54, 1.807) is 16.7 Å². The van der Waals surface area contributed by atoms with Crippen LogP contribution in [0.3, 0.4) is 0 Å². The molecule has 0 bridgehead atoms. The molecule has 3 fully saturated rings. The first-order chi connectivity index (χ1) is 15.3. The zero-order valence-electron chi connectivity index (χ0n) is 18.9. The topological polar surface area (TPSA) is 0 Å². The molecular weight excluding hydrogens is 372 g/mol. The summed E-state index contributed by atoms with van der Waals surface area (Å²) in [5.74, 6) is 3.21. The van der Waals surface area contributed by atoms with Crippen molar-refractivity contribution in [3.05, 3.63) is 76.9 Å². The first kappa shape index (κ1) is 19.6. The fraction of sp³-hybridized carbons (Fsp3) is 0.484. The van der Waals surface area contributed by atoms with Gasteiger partial charge in [0.05, 0.1) is 0 Å². The Labute approximate surface area is 188 Å². The van der Waals surface area contributed by atoms with Gasteiger partial charge in [-0.25, -0.2) is 0 Å². The summed E-state index contributed by atoms with van der Waals surface area (Å²) in [6.07, 6.45) is 19.5. The van der Waals surface area contributed by atoms with E-state index in [0.717, 1.165) is 30.1 Å². The Balaban J connectivity index is 1.40. The van der Waals surface area contributed by atoms with Crippen molar-refractivity contribution in [1.29, 1.82) is 0 Å². The molecule has 0 heterocycles. The van der Waals surface area contributed by atoms with E-state index in [9.17, 15) is 0 Å². The number of rotatable bonds is 3. The Hall–Kier alpha value is -2.08. The maximum Gasteiger partial charge on any atom is -0.00879 e. The second-order valence-electron chi connectivity index (χ2n) is 10.8. The molecule has 0 N–H and O–H groups in total. The highest BCUT2D eigenvalue weighted by Crippen LogP contribution is 2.50. The molecule has 0 nitrogen and oxygen atoms in total. The van der Waals surface area contributed by atoms with E-state index in [1.807, 2.05) is 0 Å². The van der Waals surface area contributed by atoms with Crippen molar-refractivity contribution in [2.45, 2.75) is 82.5 Å². The number of hydrogen-bond donors (Lipinski definition) is 0. The number of allylic oxidation sites excluding steroid dienone is 2. The molecular formula is C31H36. The van der Waals surface area contributed by atoms with Crippen molar-refractivity contribution in [3.63, 3.8) is 0 Å². The van der Waals surface area contributed by atoms with Gasteiger partial charge in [0.2, 0.25) is 0 Å². The molecule has 0 spiro atoms. The lowest BCUT2D eigenvalue weighted by Gasteiger charge is -2.33. The predicted molar refractivity (Wildman–Crippen MR) is 132 cm³/mol. The van der Waals surface area contributed by atoms with Crippen LogP contribution in [0.2, 0.25) is 0 Å². The van der Waals surface area contributed by atoms with E-state index in [-0.39, 0.29) is 0 Å². The van der Waals surface area contributed by atoms with E-state index in [2.05, 4.69) is 55.1 Å². The monoisotopic (exact) mass is 408 g/mol. The fourth-order valence-electron chi connectivity index (χ4n) is 7.26. The third-order valence-electron chi connectivity index (χ3n) is 9.00. The van der Waals surface area contributed by atoms with E-state index < -0.39 is 0 Å². The van der Waals surface area contributed by atoms with Crippen molar-refractivity contribution >= 4 is 6.08 Å². The van der Waals surface area contributed by atoms with Crippen LogP contribution < -0.4 is 0 Å². The van der Waals surface area contributed by atoms with Crippen LogP contribution in [-0.4, -0.2) is 0 Å². The van der Waals surface area contributed by atoms with Gasteiger partial charge in [-0.05, 0) is 108 Å². The zero-order chi connectivity index (χ0) is 20.8. The lowest BCUT2D eigenvalue weighted by Crippen LogP contribution is -2.20. The van der Waals surface area contributed by atoms with Crippen LogP contribution in [0.1, 0.15) is 98.3 Å². The van der Waals surface area contributed by atoms with Gasteiger partial charge in [0, 0.05) is 0 Å². The van der Waals surface area contributed by atoms with Gasteiger partial charge in [0.25, 0.3) is 0 Å². The first-order valence-corrected chi connectivity index (χ1v) is 12.9. The van der Waals surface area contributed by atoms with Crippen LogP contribution in [0.15, 0.2) is 54.6 Å². The van der Waals surface area contributed by atoms with E-state index >= 15 is 0 Å². The van der Waals surface area contributed by atoms with Gasteiger partial charge in [0.1, 0.15) is 0 Å². The Morgan fingerprint density at radius 1 is 0.806 bits per heavy atom. The lowest BCUT2D eigenvalue weighted by atomic mass is 9.71.